The van der Waals surface area contributed by atoms with Gasteiger partial charge in [0, 0.05) is 13.0 Å². The molecule has 0 bridgehead atoms. The van der Waals surface area contributed by atoms with E-state index in [1.165, 1.54) is 0 Å². The molecule has 4 heteroatoms. The maximum Gasteiger partial charge on any atom is 0.389 e. The van der Waals surface area contributed by atoms with Gasteiger partial charge in [0.25, 0.3) is 0 Å². The van der Waals surface area contributed by atoms with Crippen LogP contribution in [0.15, 0.2) is 0 Å². The van der Waals surface area contributed by atoms with Crippen LogP contribution in [-0.2, 0) is 0 Å². The molecule has 0 aromatic rings. The van der Waals surface area contributed by atoms with Gasteiger partial charge >= 0.3 is 6.18 Å². The highest BCUT2D eigenvalue weighted by Gasteiger charge is 2.34. The summed E-state index contributed by atoms with van der Waals surface area (Å²) in [5, 5.41) is 0. The molecule has 0 spiro atoms. The zero-order valence-electron chi connectivity index (χ0n) is 9.48. The lowest BCUT2D eigenvalue weighted by Crippen LogP contribution is -2.24. The van der Waals surface area contributed by atoms with Crippen molar-refractivity contribution in [1.29, 1.82) is 0 Å². The van der Waals surface area contributed by atoms with E-state index in [2.05, 4.69) is 18.7 Å². The molecular weight excluding hydrogens is 203 g/mol. The van der Waals surface area contributed by atoms with Crippen LogP contribution in [0.2, 0.25) is 0 Å². The van der Waals surface area contributed by atoms with Gasteiger partial charge in [0.15, 0.2) is 0 Å². The Morgan fingerprint density at radius 1 is 1.33 bits per heavy atom. The summed E-state index contributed by atoms with van der Waals surface area (Å²) in [5.41, 5.74) is 0. The van der Waals surface area contributed by atoms with Crippen molar-refractivity contribution in [2.45, 2.75) is 39.3 Å². The molecule has 0 amide bonds. The van der Waals surface area contributed by atoms with Gasteiger partial charge in [-0.25, -0.2) is 0 Å². The third-order valence-corrected chi connectivity index (χ3v) is 2.91. The number of alkyl halides is 3. The van der Waals surface area contributed by atoms with Gasteiger partial charge in [0.1, 0.15) is 0 Å². The second-order valence-corrected chi connectivity index (χ2v) is 4.96. The van der Waals surface area contributed by atoms with E-state index in [9.17, 15) is 13.2 Å². The van der Waals surface area contributed by atoms with E-state index < -0.39 is 12.6 Å². The van der Waals surface area contributed by atoms with Crippen molar-refractivity contribution in [2.24, 2.45) is 11.8 Å². The van der Waals surface area contributed by atoms with Gasteiger partial charge in [-0.05, 0) is 37.8 Å². The highest BCUT2D eigenvalue weighted by atomic mass is 19.4. The molecule has 90 valence electrons. The molecule has 1 unspecified atom stereocenters. The molecule has 0 saturated carbocycles. The van der Waals surface area contributed by atoms with Crippen LogP contribution in [0.3, 0.4) is 0 Å². The molecule has 0 radical (unpaired) electrons. The molecule has 15 heavy (non-hydrogen) atoms. The van der Waals surface area contributed by atoms with Crippen molar-refractivity contribution < 1.29 is 13.2 Å². The molecule has 1 nitrogen and oxygen atoms in total. The minimum Gasteiger partial charge on any atom is -0.303 e. The van der Waals surface area contributed by atoms with E-state index in [4.69, 9.17) is 0 Å². The van der Waals surface area contributed by atoms with Gasteiger partial charge in [-0.2, -0.15) is 13.2 Å². The van der Waals surface area contributed by atoms with Crippen LogP contribution in [0.4, 0.5) is 13.2 Å². The Balaban J connectivity index is 2.21. The van der Waals surface area contributed by atoms with Crippen LogP contribution in [-0.4, -0.2) is 30.7 Å². The number of halogens is 3. The summed E-state index contributed by atoms with van der Waals surface area (Å²) in [6.45, 7) is 6.71. The van der Waals surface area contributed by atoms with Crippen molar-refractivity contribution in [3.63, 3.8) is 0 Å². The van der Waals surface area contributed by atoms with E-state index in [1.54, 1.807) is 0 Å². The Hall–Kier alpha value is -0.250. The molecule has 0 aliphatic carbocycles. The lowest BCUT2D eigenvalue weighted by Gasteiger charge is -2.17. The molecule has 1 rings (SSSR count). The zero-order valence-corrected chi connectivity index (χ0v) is 9.48. The summed E-state index contributed by atoms with van der Waals surface area (Å²) in [6, 6.07) is 0. The largest absolute Gasteiger partial charge is 0.389 e. The molecule has 0 N–H and O–H groups in total. The van der Waals surface area contributed by atoms with Gasteiger partial charge in [-0.1, -0.05) is 13.8 Å². The minimum absolute atomic E-state index is 0.169. The predicted molar refractivity (Wildman–Crippen MR) is 54.7 cm³/mol. The Labute approximate surface area is 89.6 Å². The van der Waals surface area contributed by atoms with Crippen LogP contribution >= 0.6 is 0 Å². The first-order chi connectivity index (χ1) is 6.87. The third-order valence-electron chi connectivity index (χ3n) is 2.91. The summed E-state index contributed by atoms with van der Waals surface area (Å²) in [4.78, 5) is 2.16. The topological polar surface area (TPSA) is 3.24 Å². The average molecular weight is 223 g/mol. The van der Waals surface area contributed by atoms with Gasteiger partial charge in [-0.15, -0.1) is 0 Å². The Morgan fingerprint density at radius 2 is 2.00 bits per heavy atom. The van der Waals surface area contributed by atoms with E-state index in [0.29, 0.717) is 18.9 Å². The van der Waals surface area contributed by atoms with Crippen LogP contribution in [0.25, 0.3) is 0 Å². The first-order valence-electron chi connectivity index (χ1n) is 5.66. The van der Waals surface area contributed by atoms with E-state index in [1.807, 2.05) is 0 Å². The van der Waals surface area contributed by atoms with Crippen LogP contribution < -0.4 is 0 Å². The lowest BCUT2D eigenvalue weighted by molar-refractivity contribution is -0.143. The van der Waals surface area contributed by atoms with Crippen molar-refractivity contribution in [3.05, 3.63) is 0 Å². The van der Waals surface area contributed by atoms with Crippen LogP contribution in [0.5, 0.6) is 0 Å². The Morgan fingerprint density at radius 3 is 2.53 bits per heavy atom. The Kier molecular flexibility index (Phi) is 4.44. The molecule has 1 atom stereocenters. The molecule has 1 heterocycles. The van der Waals surface area contributed by atoms with Gasteiger partial charge in [0.05, 0.1) is 0 Å². The predicted octanol–water partition coefficient (Wildman–Crippen LogP) is 3.31. The summed E-state index contributed by atoms with van der Waals surface area (Å²) in [6.07, 6.45) is -2.81. The van der Waals surface area contributed by atoms with E-state index >= 15 is 0 Å². The summed E-state index contributed by atoms with van der Waals surface area (Å²) >= 11 is 0. The van der Waals surface area contributed by atoms with Crippen molar-refractivity contribution in [1.82, 2.24) is 4.90 Å². The lowest BCUT2D eigenvalue weighted by atomic mass is 10.1. The second kappa shape index (κ2) is 5.19. The fourth-order valence-corrected chi connectivity index (χ4v) is 2.05. The van der Waals surface area contributed by atoms with Gasteiger partial charge in [0.2, 0.25) is 0 Å². The van der Waals surface area contributed by atoms with Crippen molar-refractivity contribution in [3.8, 4) is 0 Å². The highest BCUT2D eigenvalue weighted by Crippen LogP contribution is 2.30. The second-order valence-electron chi connectivity index (χ2n) is 4.96. The van der Waals surface area contributed by atoms with E-state index in [-0.39, 0.29) is 5.92 Å². The number of rotatable bonds is 4. The summed E-state index contributed by atoms with van der Waals surface area (Å²) in [7, 11) is 0. The first-order valence-corrected chi connectivity index (χ1v) is 5.66. The van der Waals surface area contributed by atoms with Gasteiger partial charge in [-0.3, -0.25) is 0 Å². The molecular formula is C11H20F3N. The molecule has 0 aromatic heterocycles. The van der Waals surface area contributed by atoms with Crippen molar-refractivity contribution >= 4 is 0 Å². The monoisotopic (exact) mass is 223 g/mol. The third kappa shape index (κ3) is 5.40. The average Bonchev–Trinajstić information content (AvgIpc) is 2.45. The first kappa shape index (κ1) is 12.8. The molecule has 1 aliphatic heterocycles. The summed E-state index contributed by atoms with van der Waals surface area (Å²) < 4.78 is 36.4. The molecule has 1 fully saturated rings. The molecule has 0 aromatic carbocycles. The minimum atomic E-state index is -3.99. The van der Waals surface area contributed by atoms with E-state index in [0.717, 1.165) is 19.5 Å². The smallest absolute Gasteiger partial charge is 0.303 e. The fourth-order valence-electron chi connectivity index (χ4n) is 2.05. The maximum atomic E-state index is 12.1. The SMILES string of the molecule is CC(C)CCN1CCC(CC(F)(F)F)C1. The van der Waals surface area contributed by atoms with Gasteiger partial charge < -0.3 is 4.90 Å². The number of hydrogen-bond donors (Lipinski definition) is 0. The highest BCUT2D eigenvalue weighted by molar-refractivity contribution is 4.77. The standard InChI is InChI=1S/C11H20F3N/c1-9(2)3-5-15-6-4-10(8-15)7-11(12,13)14/h9-10H,3-8H2,1-2H3. The van der Waals surface area contributed by atoms with Crippen molar-refractivity contribution in [2.75, 3.05) is 19.6 Å². The number of hydrogen-bond acceptors (Lipinski definition) is 1. The number of likely N-dealkylation sites (tertiary alicyclic amines) is 1. The maximum absolute atomic E-state index is 12.1. The molecule has 1 aliphatic rings. The molecule has 1 saturated heterocycles. The van der Waals surface area contributed by atoms with Crippen LogP contribution in [0.1, 0.15) is 33.1 Å². The normalized spacial score (nSPS) is 24.0. The quantitative estimate of drug-likeness (QED) is 0.706. The van der Waals surface area contributed by atoms with Crippen LogP contribution in [0, 0.1) is 11.8 Å². The number of nitrogens with zero attached hydrogens (tertiary/aromatic N) is 1. The zero-order chi connectivity index (χ0) is 11.5. The Bertz CT molecular complexity index is 189. The summed E-state index contributed by atoms with van der Waals surface area (Å²) in [5.74, 6) is 0.462. The fraction of sp³-hybridized carbons (Fsp3) is 1.00.